The van der Waals surface area contributed by atoms with Gasteiger partial charge in [0.05, 0.1) is 42.6 Å². The number of H-pyrrole nitrogens is 2. The zero-order valence-corrected chi connectivity index (χ0v) is 26.8. The van der Waals surface area contributed by atoms with Crippen LogP contribution in [0.1, 0.15) is 97.6 Å². The number of carbonyl (C=O) groups excluding carboxylic acids is 2. The highest BCUT2D eigenvalue weighted by Gasteiger charge is 2.23. The van der Waals surface area contributed by atoms with Gasteiger partial charge in [0.15, 0.2) is 0 Å². The molecule has 45 heavy (non-hydrogen) atoms. The van der Waals surface area contributed by atoms with E-state index in [0.29, 0.717) is 32.3 Å². The minimum absolute atomic E-state index is 0.226. The van der Waals surface area contributed by atoms with Crippen LogP contribution in [-0.4, -0.2) is 51.2 Å². The summed E-state index contributed by atoms with van der Waals surface area (Å²) in [5.74, 6) is -0.285. The third kappa shape index (κ3) is 6.13. The lowest BCUT2D eigenvalue weighted by atomic mass is 9.98. The van der Waals surface area contributed by atoms with Gasteiger partial charge in [-0.15, -0.1) is 0 Å². The number of aliphatic hydroxyl groups excluding tert-OH is 1. The average molecular weight is 609 g/mol. The van der Waals surface area contributed by atoms with Gasteiger partial charge in [-0.25, -0.2) is 9.97 Å². The molecule has 5 heterocycles. The molecule has 0 aliphatic carbocycles. The number of nitrogens with zero attached hydrogens (tertiary/aromatic N) is 2. The maximum Gasteiger partial charge on any atom is 0.305 e. The molecular weight excluding hydrogens is 568 g/mol. The summed E-state index contributed by atoms with van der Waals surface area (Å²) in [6.45, 7) is 14.7. The van der Waals surface area contributed by atoms with E-state index in [2.05, 4.69) is 16.5 Å². The van der Waals surface area contributed by atoms with Gasteiger partial charge in [-0.3, -0.25) is 9.59 Å². The molecule has 0 saturated heterocycles. The van der Waals surface area contributed by atoms with Gasteiger partial charge in [0.1, 0.15) is 0 Å². The second-order valence-electron chi connectivity index (χ2n) is 11.6. The number of allylic oxidation sites excluding steroid dienone is 4. The number of aromatic nitrogens is 4. The lowest BCUT2D eigenvalue weighted by Gasteiger charge is -2.06. The van der Waals surface area contributed by atoms with Crippen LogP contribution in [0.15, 0.2) is 30.8 Å². The van der Waals surface area contributed by atoms with Crippen LogP contribution in [-0.2, 0) is 19.1 Å². The molecule has 1 unspecified atom stereocenters. The lowest BCUT2D eigenvalue weighted by molar-refractivity contribution is -0.140. The zero-order chi connectivity index (χ0) is 32.4. The van der Waals surface area contributed by atoms with Crippen LogP contribution in [0.4, 0.5) is 0 Å². The minimum Gasteiger partial charge on any atom is -0.469 e. The van der Waals surface area contributed by atoms with Gasteiger partial charge < -0.3 is 24.5 Å². The third-order valence-electron chi connectivity index (χ3n) is 8.82. The van der Waals surface area contributed by atoms with Crippen molar-refractivity contribution in [3.63, 3.8) is 0 Å². The first-order valence-corrected chi connectivity index (χ1v) is 15.2. The highest BCUT2D eigenvalue weighted by atomic mass is 16.5. The summed E-state index contributed by atoms with van der Waals surface area (Å²) in [5.41, 5.74) is 14.2. The normalized spacial score (nSPS) is 13.7. The summed E-state index contributed by atoms with van der Waals surface area (Å²) in [6.07, 6.45) is 3.12. The van der Waals surface area contributed by atoms with Crippen LogP contribution in [0, 0.1) is 13.8 Å². The Morgan fingerprint density at radius 1 is 0.889 bits per heavy atom. The molecule has 9 nitrogen and oxygen atoms in total. The van der Waals surface area contributed by atoms with E-state index in [-0.39, 0.29) is 12.4 Å². The number of hydrogen-bond acceptors (Lipinski definition) is 7. The Morgan fingerprint density at radius 3 is 2.09 bits per heavy atom. The van der Waals surface area contributed by atoms with Crippen molar-refractivity contribution in [2.45, 2.75) is 66.4 Å². The van der Waals surface area contributed by atoms with Crippen LogP contribution < -0.4 is 0 Å². The fraction of sp³-hybridized carbons (Fsp3) is 0.333. The predicted octanol–water partition coefficient (Wildman–Crippen LogP) is 7.40. The Kier molecular flexibility index (Phi) is 9.20. The first-order chi connectivity index (χ1) is 21.6. The molecular formula is C36H40N4O5. The van der Waals surface area contributed by atoms with E-state index in [1.165, 1.54) is 7.11 Å². The molecule has 1 atom stereocenters. The van der Waals surface area contributed by atoms with Crippen LogP contribution >= 0.6 is 0 Å². The van der Waals surface area contributed by atoms with Crippen molar-refractivity contribution in [1.82, 2.24) is 19.9 Å². The number of aryl methyl sites for hydroxylation is 2. The first-order valence-electron chi connectivity index (χ1n) is 15.2. The summed E-state index contributed by atoms with van der Waals surface area (Å²) >= 11 is 0. The van der Waals surface area contributed by atoms with Gasteiger partial charge in [0.2, 0.25) is 0 Å². The maximum absolute atomic E-state index is 12.2. The van der Waals surface area contributed by atoms with Crippen LogP contribution in [0.5, 0.6) is 0 Å². The summed E-state index contributed by atoms with van der Waals surface area (Å²) < 4.78 is 9.92. The van der Waals surface area contributed by atoms with Crippen molar-refractivity contribution in [2.24, 2.45) is 0 Å². The molecule has 0 radical (unpaired) electrons. The number of hydrogen-bond donors (Lipinski definition) is 3. The maximum atomic E-state index is 12.2. The van der Waals surface area contributed by atoms with Crippen molar-refractivity contribution in [2.75, 3.05) is 13.7 Å². The standard InChI is InChI=1S/C36H40N4O5/c1-8-24-19(2)29-16-34-36(23(6)42)22(5)30(40-34)14-27-20(3)25(10-9-13-45-18-41)32(38-27)17-33-26(11-12-35(43)44-7)21(4)28(39-33)15-31(24)37-29/h8,14-18,23,37,40,42H,1,9-13H2,2-7H3. The van der Waals surface area contributed by atoms with Gasteiger partial charge in [-0.05, 0) is 112 Å². The molecule has 8 bridgehead atoms. The second-order valence-corrected chi connectivity index (χ2v) is 11.6. The predicted molar refractivity (Wildman–Crippen MR) is 179 cm³/mol. The fourth-order valence-electron chi connectivity index (χ4n) is 6.29. The molecule has 9 heteroatoms. The number of rotatable bonds is 10. The van der Waals surface area contributed by atoms with Crippen LogP contribution in [0.3, 0.4) is 0 Å². The monoisotopic (exact) mass is 608 g/mol. The summed E-state index contributed by atoms with van der Waals surface area (Å²) in [5, 5.41) is 10.8. The number of methoxy groups -OCH3 is 1. The Labute approximate surface area is 262 Å². The number of nitrogens with one attached hydrogen (secondary N) is 2. The van der Waals surface area contributed by atoms with E-state index in [9.17, 15) is 14.7 Å². The largest absolute Gasteiger partial charge is 0.469 e. The molecule has 3 N–H and O–H groups in total. The number of aromatic amines is 2. The third-order valence-corrected chi connectivity index (χ3v) is 8.82. The van der Waals surface area contributed by atoms with Gasteiger partial charge in [-0.1, -0.05) is 12.7 Å². The van der Waals surface area contributed by atoms with E-state index in [1.54, 1.807) is 6.92 Å². The number of esters is 1. The van der Waals surface area contributed by atoms with Crippen molar-refractivity contribution in [1.29, 1.82) is 0 Å². The van der Waals surface area contributed by atoms with Gasteiger partial charge in [0, 0.05) is 39.6 Å². The summed E-state index contributed by atoms with van der Waals surface area (Å²) in [7, 11) is 1.39. The molecule has 5 rings (SSSR count). The number of aliphatic hydroxyl groups is 1. The van der Waals surface area contributed by atoms with E-state index < -0.39 is 6.10 Å². The SMILES string of the molecule is C=Cc1c(C)c2cc3[nH]c(cc4nc(cc5nc(cc1[nH]2)C(C)=C5CCC(=O)OC)C(CCCOC=O)=C4C)c(C)c3C(C)O. The van der Waals surface area contributed by atoms with E-state index in [0.717, 1.165) is 89.4 Å². The van der Waals surface area contributed by atoms with Gasteiger partial charge in [-0.2, -0.15) is 0 Å². The molecule has 2 aliphatic rings. The minimum atomic E-state index is -0.694. The van der Waals surface area contributed by atoms with Crippen molar-refractivity contribution in [3.8, 4) is 0 Å². The lowest BCUT2D eigenvalue weighted by Crippen LogP contribution is -2.00. The van der Waals surface area contributed by atoms with Gasteiger partial charge >= 0.3 is 5.97 Å². The van der Waals surface area contributed by atoms with Crippen molar-refractivity contribution < 1.29 is 24.2 Å². The molecule has 234 valence electrons. The average Bonchev–Trinajstić information content (AvgIpc) is 3.67. The molecule has 3 aromatic rings. The molecule has 0 amide bonds. The molecule has 0 spiro atoms. The van der Waals surface area contributed by atoms with E-state index in [4.69, 9.17) is 19.4 Å². The number of carbonyl (C=O) groups is 2. The first kappa shape index (κ1) is 31.7. The van der Waals surface area contributed by atoms with Crippen molar-refractivity contribution in [3.05, 3.63) is 75.9 Å². The highest BCUT2D eigenvalue weighted by Crippen LogP contribution is 2.38. The number of ether oxygens (including phenoxy) is 2. The molecule has 0 saturated carbocycles. The Balaban J connectivity index is 1.88. The Morgan fingerprint density at radius 2 is 1.49 bits per heavy atom. The smallest absolute Gasteiger partial charge is 0.305 e. The number of fused-ring (bicyclic) bond motifs is 8. The Bertz CT molecular complexity index is 1920. The fourth-order valence-corrected chi connectivity index (χ4v) is 6.29. The van der Waals surface area contributed by atoms with Gasteiger partial charge in [0.25, 0.3) is 6.47 Å². The molecule has 0 fully saturated rings. The molecule has 2 aliphatic heterocycles. The summed E-state index contributed by atoms with van der Waals surface area (Å²) in [4.78, 5) is 40.2. The summed E-state index contributed by atoms with van der Waals surface area (Å²) in [6, 6.07) is 8.05. The molecule has 3 aromatic heterocycles. The van der Waals surface area contributed by atoms with Crippen molar-refractivity contribution >= 4 is 62.9 Å². The Hall–Kier alpha value is -4.76. The topological polar surface area (TPSA) is 130 Å². The quantitative estimate of drug-likeness (QED) is 0.124. The molecule has 0 aromatic carbocycles. The van der Waals surface area contributed by atoms with Crippen LogP contribution in [0.2, 0.25) is 0 Å². The van der Waals surface area contributed by atoms with Crippen LogP contribution in [0.25, 0.3) is 50.4 Å². The van der Waals surface area contributed by atoms with E-state index >= 15 is 0 Å². The van der Waals surface area contributed by atoms with E-state index in [1.807, 2.05) is 58.0 Å². The second kappa shape index (κ2) is 13.1. The zero-order valence-electron chi connectivity index (χ0n) is 26.8. The highest BCUT2D eigenvalue weighted by molar-refractivity contribution is 5.96.